The van der Waals surface area contributed by atoms with Crippen LogP contribution in [0, 0.1) is 0 Å². The molecule has 0 aliphatic rings. The first-order valence-electron chi connectivity index (χ1n) is 5.64. The van der Waals surface area contributed by atoms with Gasteiger partial charge in [0.15, 0.2) is 0 Å². The van der Waals surface area contributed by atoms with Gasteiger partial charge in [-0.05, 0) is 24.3 Å². The Labute approximate surface area is 118 Å². The van der Waals surface area contributed by atoms with E-state index in [-0.39, 0.29) is 12.2 Å². The van der Waals surface area contributed by atoms with Crippen LogP contribution in [0.4, 0.5) is 13.2 Å². The molecule has 2 aromatic carbocycles. The van der Waals surface area contributed by atoms with Crippen LogP contribution in [0.1, 0.15) is 11.1 Å². The summed E-state index contributed by atoms with van der Waals surface area (Å²) in [5, 5.41) is 9.49. The van der Waals surface area contributed by atoms with Gasteiger partial charge in [0.25, 0.3) is 0 Å². The molecule has 1 N–H and O–H groups in total. The van der Waals surface area contributed by atoms with Crippen molar-refractivity contribution in [1.82, 2.24) is 0 Å². The number of benzene rings is 2. The van der Waals surface area contributed by atoms with Gasteiger partial charge in [-0.3, -0.25) is 0 Å². The van der Waals surface area contributed by atoms with Crippen molar-refractivity contribution in [3.63, 3.8) is 0 Å². The highest BCUT2D eigenvalue weighted by atomic mass is 35.5. The summed E-state index contributed by atoms with van der Waals surface area (Å²) >= 11 is 5.86. The van der Waals surface area contributed by atoms with Gasteiger partial charge in [0, 0.05) is 5.56 Å². The molecule has 6 heteroatoms. The number of halogens is 4. The van der Waals surface area contributed by atoms with E-state index in [1.165, 1.54) is 12.1 Å². The fourth-order valence-corrected chi connectivity index (χ4v) is 1.86. The van der Waals surface area contributed by atoms with Crippen LogP contribution in [-0.2, 0) is 12.8 Å². The Bertz CT molecular complexity index is 612. The highest BCUT2D eigenvalue weighted by Crippen LogP contribution is 2.35. The van der Waals surface area contributed by atoms with Crippen molar-refractivity contribution in [2.24, 2.45) is 0 Å². The number of para-hydroxylation sites is 1. The molecule has 0 saturated carbocycles. The number of aromatic hydroxyl groups is 1. The SMILES string of the molecule is Oc1ccc(COc2ccccc2Cl)c(C(F)(F)F)c1. The maximum atomic E-state index is 12.8. The van der Waals surface area contributed by atoms with Crippen LogP contribution >= 0.6 is 11.6 Å². The number of hydrogen-bond acceptors (Lipinski definition) is 2. The minimum atomic E-state index is -4.56. The fraction of sp³-hybridized carbons (Fsp3) is 0.143. The lowest BCUT2D eigenvalue weighted by Crippen LogP contribution is -2.10. The summed E-state index contributed by atoms with van der Waals surface area (Å²) in [6.07, 6.45) is -4.56. The summed E-state index contributed by atoms with van der Waals surface area (Å²) in [4.78, 5) is 0. The lowest BCUT2D eigenvalue weighted by atomic mass is 10.1. The number of rotatable bonds is 3. The second kappa shape index (κ2) is 5.63. The van der Waals surface area contributed by atoms with E-state index in [2.05, 4.69) is 0 Å². The van der Waals surface area contributed by atoms with Crippen molar-refractivity contribution < 1.29 is 23.0 Å². The van der Waals surface area contributed by atoms with E-state index in [0.29, 0.717) is 16.8 Å². The molecule has 0 unspecified atom stereocenters. The Hall–Kier alpha value is -1.88. The van der Waals surface area contributed by atoms with Gasteiger partial charge in [-0.2, -0.15) is 13.2 Å². The molecule has 0 atom stereocenters. The van der Waals surface area contributed by atoms with Crippen molar-refractivity contribution >= 4 is 11.6 Å². The third kappa shape index (κ3) is 3.36. The lowest BCUT2D eigenvalue weighted by molar-refractivity contribution is -0.138. The molecule has 0 spiro atoms. The summed E-state index contributed by atoms with van der Waals surface area (Å²) in [7, 11) is 0. The topological polar surface area (TPSA) is 29.5 Å². The summed E-state index contributed by atoms with van der Waals surface area (Å²) in [6.45, 7) is -0.293. The molecule has 0 aliphatic heterocycles. The van der Waals surface area contributed by atoms with Gasteiger partial charge in [-0.1, -0.05) is 29.8 Å². The first-order valence-corrected chi connectivity index (χ1v) is 6.02. The number of phenolic OH excluding ortho intramolecular Hbond substituents is 1. The average Bonchev–Trinajstić information content (AvgIpc) is 2.38. The van der Waals surface area contributed by atoms with Crippen molar-refractivity contribution in [2.45, 2.75) is 12.8 Å². The monoisotopic (exact) mass is 302 g/mol. The van der Waals surface area contributed by atoms with Gasteiger partial charge in [0.1, 0.15) is 18.1 Å². The minimum absolute atomic E-state index is 0.0739. The molecular formula is C14H10ClF3O2. The average molecular weight is 303 g/mol. The largest absolute Gasteiger partial charge is 0.508 e. The predicted molar refractivity (Wildman–Crippen MR) is 68.9 cm³/mol. The van der Waals surface area contributed by atoms with E-state index in [1.54, 1.807) is 24.3 Å². The zero-order chi connectivity index (χ0) is 14.8. The highest BCUT2D eigenvalue weighted by molar-refractivity contribution is 6.32. The second-order valence-corrected chi connectivity index (χ2v) is 4.47. The maximum absolute atomic E-state index is 12.8. The van der Waals surface area contributed by atoms with E-state index in [0.717, 1.165) is 0 Å². The van der Waals surface area contributed by atoms with Crippen molar-refractivity contribution in [3.8, 4) is 11.5 Å². The quantitative estimate of drug-likeness (QED) is 0.894. The van der Waals surface area contributed by atoms with E-state index < -0.39 is 17.5 Å². The lowest BCUT2D eigenvalue weighted by Gasteiger charge is -2.14. The molecule has 0 heterocycles. The standard InChI is InChI=1S/C14H10ClF3O2/c15-12-3-1-2-4-13(12)20-8-9-5-6-10(19)7-11(9)14(16,17)18/h1-7,19H,8H2. The molecule has 2 nitrogen and oxygen atoms in total. The van der Waals surface area contributed by atoms with Gasteiger partial charge in [-0.15, -0.1) is 0 Å². The van der Waals surface area contributed by atoms with Crippen LogP contribution in [0.25, 0.3) is 0 Å². The molecule has 2 aromatic rings. The smallest absolute Gasteiger partial charge is 0.416 e. The molecule has 0 fully saturated rings. The zero-order valence-electron chi connectivity index (χ0n) is 10.1. The Kier molecular flexibility index (Phi) is 4.09. The first-order chi connectivity index (χ1) is 9.38. The molecule has 0 aromatic heterocycles. The summed E-state index contributed by atoms with van der Waals surface area (Å²) in [5.41, 5.74) is -1.00. The van der Waals surface area contributed by atoms with Crippen LogP contribution in [0.15, 0.2) is 42.5 Å². The molecule has 20 heavy (non-hydrogen) atoms. The minimum Gasteiger partial charge on any atom is -0.508 e. The van der Waals surface area contributed by atoms with Crippen molar-refractivity contribution in [2.75, 3.05) is 0 Å². The van der Waals surface area contributed by atoms with Crippen LogP contribution in [0.2, 0.25) is 5.02 Å². The van der Waals surface area contributed by atoms with Gasteiger partial charge >= 0.3 is 6.18 Å². The zero-order valence-corrected chi connectivity index (χ0v) is 10.9. The molecule has 0 bridgehead atoms. The van der Waals surface area contributed by atoms with Crippen LogP contribution in [-0.4, -0.2) is 5.11 Å². The van der Waals surface area contributed by atoms with Gasteiger partial charge in [0.05, 0.1) is 10.6 Å². The fourth-order valence-electron chi connectivity index (χ4n) is 1.67. The molecule has 0 saturated heterocycles. The van der Waals surface area contributed by atoms with Crippen LogP contribution < -0.4 is 4.74 Å². The number of ether oxygens (including phenoxy) is 1. The Morgan fingerprint density at radius 2 is 1.80 bits per heavy atom. The maximum Gasteiger partial charge on any atom is 0.416 e. The Morgan fingerprint density at radius 1 is 1.10 bits per heavy atom. The first kappa shape index (κ1) is 14.5. The molecular weight excluding hydrogens is 293 g/mol. The summed E-state index contributed by atoms with van der Waals surface area (Å²) < 4.78 is 43.8. The van der Waals surface area contributed by atoms with Gasteiger partial charge in [0.2, 0.25) is 0 Å². The number of hydrogen-bond donors (Lipinski definition) is 1. The molecule has 0 aliphatic carbocycles. The van der Waals surface area contributed by atoms with E-state index >= 15 is 0 Å². The third-order valence-corrected chi connectivity index (χ3v) is 2.93. The predicted octanol–water partition coefficient (Wildman–Crippen LogP) is 4.64. The molecule has 106 valence electrons. The summed E-state index contributed by atoms with van der Waals surface area (Å²) in [5.74, 6) is -0.144. The van der Waals surface area contributed by atoms with Gasteiger partial charge < -0.3 is 9.84 Å². The third-order valence-electron chi connectivity index (χ3n) is 2.62. The number of phenols is 1. The Balaban J connectivity index is 2.24. The van der Waals surface area contributed by atoms with Crippen LogP contribution in [0.5, 0.6) is 11.5 Å². The van der Waals surface area contributed by atoms with Gasteiger partial charge in [-0.25, -0.2) is 0 Å². The second-order valence-electron chi connectivity index (χ2n) is 4.06. The molecule has 0 radical (unpaired) electrons. The normalized spacial score (nSPS) is 11.4. The van der Waals surface area contributed by atoms with E-state index in [4.69, 9.17) is 21.4 Å². The van der Waals surface area contributed by atoms with E-state index in [1.807, 2.05) is 0 Å². The Morgan fingerprint density at radius 3 is 2.45 bits per heavy atom. The summed E-state index contributed by atoms with van der Waals surface area (Å²) in [6, 6.07) is 9.54. The molecule has 0 amide bonds. The van der Waals surface area contributed by atoms with E-state index in [9.17, 15) is 13.2 Å². The highest BCUT2D eigenvalue weighted by Gasteiger charge is 2.33. The number of alkyl halides is 3. The van der Waals surface area contributed by atoms with Crippen molar-refractivity contribution in [3.05, 3.63) is 58.6 Å². The van der Waals surface area contributed by atoms with Crippen LogP contribution in [0.3, 0.4) is 0 Å². The molecule has 2 rings (SSSR count). The van der Waals surface area contributed by atoms with Crippen molar-refractivity contribution in [1.29, 1.82) is 0 Å².